The SMILES string of the molecule is C[C@@H]1CCCC[C@@H]1NC(=O)COC(=O)c1cccc(Oc2ccccc2)c1. The Morgan fingerprint density at radius 2 is 1.74 bits per heavy atom. The molecule has 2 atom stereocenters. The molecule has 1 amide bonds. The van der Waals surface area contributed by atoms with E-state index in [2.05, 4.69) is 12.2 Å². The minimum absolute atomic E-state index is 0.174. The van der Waals surface area contributed by atoms with Crippen LogP contribution < -0.4 is 10.1 Å². The van der Waals surface area contributed by atoms with Crippen molar-refractivity contribution in [2.75, 3.05) is 6.61 Å². The maximum atomic E-state index is 12.3. The number of esters is 1. The van der Waals surface area contributed by atoms with E-state index in [-0.39, 0.29) is 18.6 Å². The maximum Gasteiger partial charge on any atom is 0.338 e. The van der Waals surface area contributed by atoms with Crippen molar-refractivity contribution >= 4 is 11.9 Å². The summed E-state index contributed by atoms with van der Waals surface area (Å²) in [5.74, 6) is 0.893. The molecule has 0 aliphatic heterocycles. The number of para-hydroxylation sites is 1. The molecule has 5 heteroatoms. The van der Waals surface area contributed by atoms with Crippen LogP contribution in [0.3, 0.4) is 0 Å². The van der Waals surface area contributed by atoms with Crippen LogP contribution in [0.5, 0.6) is 11.5 Å². The summed E-state index contributed by atoms with van der Waals surface area (Å²) in [5, 5.41) is 2.98. The lowest BCUT2D eigenvalue weighted by atomic mass is 9.86. The summed E-state index contributed by atoms with van der Waals surface area (Å²) in [4.78, 5) is 24.3. The fraction of sp³-hybridized carbons (Fsp3) is 0.364. The second-order valence-corrected chi connectivity index (χ2v) is 6.95. The number of amides is 1. The van der Waals surface area contributed by atoms with Gasteiger partial charge in [-0.15, -0.1) is 0 Å². The lowest BCUT2D eigenvalue weighted by Crippen LogP contribution is -2.42. The Kier molecular flexibility index (Phi) is 6.47. The smallest absolute Gasteiger partial charge is 0.338 e. The van der Waals surface area contributed by atoms with Gasteiger partial charge in [-0.3, -0.25) is 4.79 Å². The van der Waals surface area contributed by atoms with E-state index in [4.69, 9.17) is 9.47 Å². The van der Waals surface area contributed by atoms with Gasteiger partial charge in [-0.1, -0.05) is 44.0 Å². The number of benzene rings is 2. The van der Waals surface area contributed by atoms with Gasteiger partial charge in [0.15, 0.2) is 6.61 Å². The summed E-state index contributed by atoms with van der Waals surface area (Å²) in [7, 11) is 0. The first-order chi connectivity index (χ1) is 13.1. The normalized spacial score (nSPS) is 19.1. The average Bonchev–Trinajstić information content (AvgIpc) is 2.69. The van der Waals surface area contributed by atoms with Gasteiger partial charge in [0.25, 0.3) is 5.91 Å². The molecular formula is C22H25NO4. The number of carbonyl (C=O) groups excluding carboxylic acids is 2. The molecule has 0 bridgehead atoms. The molecule has 142 valence electrons. The topological polar surface area (TPSA) is 64.6 Å². The van der Waals surface area contributed by atoms with Gasteiger partial charge in [0.1, 0.15) is 11.5 Å². The highest BCUT2D eigenvalue weighted by molar-refractivity contribution is 5.91. The minimum atomic E-state index is -0.541. The highest BCUT2D eigenvalue weighted by Crippen LogP contribution is 2.24. The third-order valence-electron chi connectivity index (χ3n) is 4.84. The number of nitrogens with one attached hydrogen (secondary N) is 1. The number of carbonyl (C=O) groups is 2. The standard InChI is InChI=1S/C22H25NO4/c1-16-8-5-6-13-20(16)23-21(24)15-26-22(25)17-9-7-12-19(14-17)27-18-10-3-2-4-11-18/h2-4,7,9-12,14,16,20H,5-6,8,13,15H2,1H3,(H,23,24)/t16-,20+/m1/s1. The number of ether oxygens (including phenoxy) is 2. The monoisotopic (exact) mass is 367 g/mol. The Morgan fingerprint density at radius 1 is 1.00 bits per heavy atom. The molecule has 0 aromatic heterocycles. The minimum Gasteiger partial charge on any atom is -0.457 e. The molecule has 2 aromatic rings. The zero-order valence-corrected chi connectivity index (χ0v) is 15.5. The van der Waals surface area contributed by atoms with Crippen molar-refractivity contribution in [2.24, 2.45) is 5.92 Å². The molecule has 1 fully saturated rings. The molecule has 2 aromatic carbocycles. The first-order valence-corrected chi connectivity index (χ1v) is 9.41. The number of hydrogen-bond donors (Lipinski definition) is 1. The van der Waals surface area contributed by atoms with Gasteiger partial charge < -0.3 is 14.8 Å². The van der Waals surface area contributed by atoms with Crippen molar-refractivity contribution < 1.29 is 19.1 Å². The molecule has 0 saturated heterocycles. The van der Waals surface area contributed by atoms with E-state index in [0.717, 1.165) is 19.3 Å². The van der Waals surface area contributed by atoms with E-state index in [0.29, 0.717) is 23.0 Å². The van der Waals surface area contributed by atoms with E-state index >= 15 is 0 Å². The van der Waals surface area contributed by atoms with Crippen LogP contribution in [0.25, 0.3) is 0 Å². The Bertz CT molecular complexity index is 775. The van der Waals surface area contributed by atoms with Crippen LogP contribution in [0.4, 0.5) is 0 Å². The maximum absolute atomic E-state index is 12.3. The zero-order chi connectivity index (χ0) is 19.1. The molecule has 1 saturated carbocycles. The highest BCUT2D eigenvalue weighted by Gasteiger charge is 2.23. The second kappa shape index (κ2) is 9.21. The lowest BCUT2D eigenvalue weighted by molar-refractivity contribution is -0.125. The third kappa shape index (κ3) is 5.58. The summed E-state index contributed by atoms with van der Waals surface area (Å²) < 4.78 is 10.9. The Morgan fingerprint density at radius 3 is 2.52 bits per heavy atom. The summed E-state index contributed by atoms with van der Waals surface area (Å²) >= 11 is 0. The van der Waals surface area contributed by atoms with Crippen LogP contribution in [-0.4, -0.2) is 24.5 Å². The lowest BCUT2D eigenvalue weighted by Gasteiger charge is -2.29. The fourth-order valence-electron chi connectivity index (χ4n) is 3.30. The molecule has 3 rings (SSSR count). The first kappa shape index (κ1) is 19.0. The van der Waals surface area contributed by atoms with Crippen molar-refractivity contribution in [3.8, 4) is 11.5 Å². The fourth-order valence-corrected chi connectivity index (χ4v) is 3.30. The van der Waals surface area contributed by atoms with E-state index in [1.807, 2.05) is 30.3 Å². The van der Waals surface area contributed by atoms with Crippen LogP contribution in [0.2, 0.25) is 0 Å². The molecule has 0 radical (unpaired) electrons. The van der Waals surface area contributed by atoms with Gasteiger partial charge in [0.2, 0.25) is 0 Å². The van der Waals surface area contributed by atoms with Gasteiger partial charge in [-0.2, -0.15) is 0 Å². The van der Waals surface area contributed by atoms with Crippen LogP contribution in [0.1, 0.15) is 43.0 Å². The van der Waals surface area contributed by atoms with Crippen LogP contribution in [-0.2, 0) is 9.53 Å². The molecule has 1 aliphatic rings. The molecule has 5 nitrogen and oxygen atoms in total. The van der Waals surface area contributed by atoms with Crippen molar-refractivity contribution in [3.63, 3.8) is 0 Å². The van der Waals surface area contributed by atoms with E-state index < -0.39 is 5.97 Å². The Balaban J connectivity index is 1.52. The van der Waals surface area contributed by atoms with Gasteiger partial charge >= 0.3 is 5.97 Å². The summed E-state index contributed by atoms with van der Waals surface area (Å²) in [6, 6.07) is 16.2. The second-order valence-electron chi connectivity index (χ2n) is 6.95. The van der Waals surface area contributed by atoms with Crippen LogP contribution >= 0.6 is 0 Å². The number of hydrogen-bond acceptors (Lipinski definition) is 4. The first-order valence-electron chi connectivity index (χ1n) is 9.41. The molecule has 27 heavy (non-hydrogen) atoms. The molecule has 0 spiro atoms. The highest BCUT2D eigenvalue weighted by atomic mass is 16.5. The van der Waals surface area contributed by atoms with Crippen molar-refractivity contribution in [1.29, 1.82) is 0 Å². The predicted octanol–water partition coefficient (Wildman–Crippen LogP) is 4.33. The largest absolute Gasteiger partial charge is 0.457 e. The number of rotatable bonds is 6. The van der Waals surface area contributed by atoms with E-state index in [9.17, 15) is 9.59 Å². The zero-order valence-electron chi connectivity index (χ0n) is 15.5. The summed E-state index contributed by atoms with van der Waals surface area (Å²) in [5.41, 5.74) is 0.349. The molecular weight excluding hydrogens is 342 g/mol. The van der Waals surface area contributed by atoms with Gasteiger partial charge in [-0.25, -0.2) is 4.79 Å². The van der Waals surface area contributed by atoms with Gasteiger partial charge in [0.05, 0.1) is 5.56 Å². The van der Waals surface area contributed by atoms with E-state index in [1.54, 1.807) is 24.3 Å². The third-order valence-corrected chi connectivity index (χ3v) is 4.84. The van der Waals surface area contributed by atoms with Crippen molar-refractivity contribution in [2.45, 2.75) is 38.6 Å². The van der Waals surface area contributed by atoms with Crippen LogP contribution in [0, 0.1) is 5.92 Å². The molecule has 0 unspecified atom stereocenters. The Hall–Kier alpha value is -2.82. The van der Waals surface area contributed by atoms with Gasteiger partial charge in [-0.05, 0) is 49.1 Å². The molecule has 1 N–H and O–H groups in total. The van der Waals surface area contributed by atoms with Crippen LogP contribution in [0.15, 0.2) is 54.6 Å². The molecule has 1 aliphatic carbocycles. The Labute approximate surface area is 159 Å². The van der Waals surface area contributed by atoms with E-state index in [1.165, 1.54) is 6.42 Å². The summed E-state index contributed by atoms with van der Waals surface area (Å²) in [6.07, 6.45) is 4.45. The van der Waals surface area contributed by atoms with Crippen molar-refractivity contribution in [1.82, 2.24) is 5.32 Å². The van der Waals surface area contributed by atoms with Crippen molar-refractivity contribution in [3.05, 3.63) is 60.2 Å². The predicted molar refractivity (Wildman–Crippen MR) is 103 cm³/mol. The quantitative estimate of drug-likeness (QED) is 0.772. The average molecular weight is 367 g/mol. The summed E-state index contributed by atoms with van der Waals surface area (Å²) in [6.45, 7) is 1.88. The molecule has 0 heterocycles. The van der Waals surface area contributed by atoms with Gasteiger partial charge in [0, 0.05) is 6.04 Å².